The van der Waals surface area contributed by atoms with Gasteiger partial charge in [0, 0.05) is 19.0 Å². The third kappa shape index (κ3) is 5.48. The summed E-state index contributed by atoms with van der Waals surface area (Å²) in [7, 11) is 1.67. The van der Waals surface area contributed by atoms with Crippen LogP contribution in [-0.4, -0.2) is 25.6 Å². The molecular weight excluding hydrogens is 336 g/mol. The molecule has 134 valence electrons. The van der Waals surface area contributed by atoms with E-state index in [-0.39, 0.29) is 18.3 Å². The molecular formula is C20H25ClN2O2. The first-order chi connectivity index (χ1) is 11.7. The lowest BCUT2D eigenvalue weighted by Crippen LogP contribution is -2.31. The van der Waals surface area contributed by atoms with Crippen molar-refractivity contribution in [1.82, 2.24) is 10.6 Å². The molecule has 2 aromatic carbocycles. The Bertz CT molecular complexity index is 682. The number of halogens is 1. The summed E-state index contributed by atoms with van der Waals surface area (Å²) in [5.41, 5.74) is 3.37. The van der Waals surface area contributed by atoms with Crippen molar-refractivity contribution in [3.8, 4) is 16.9 Å². The number of hydrogen-bond acceptors (Lipinski definition) is 3. The molecule has 1 saturated heterocycles. The number of amides is 1. The van der Waals surface area contributed by atoms with Gasteiger partial charge in [0.25, 0.3) is 0 Å². The van der Waals surface area contributed by atoms with Crippen LogP contribution in [0.4, 0.5) is 0 Å². The first kappa shape index (κ1) is 19.3. The lowest BCUT2D eigenvalue weighted by Gasteiger charge is -2.11. The van der Waals surface area contributed by atoms with E-state index < -0.39 is 0 Å². The summed E-state index contributed by atoms with van der Waals surface area (Å²) in [5.74, 6) is 0.968. The Morgan fingerprint density at radius 1 is 1.20 bits per heavy atom. The average Bonchev–Trinajstić information content (AvgIpc) is 3.13. The number of nitrogens with one attached hydrogen (secondary N) is 2. The Balaban J connectivity index is 0.00000225. The number of benzene rings is 2. The summed E-state index contributed by atoms with van der Waals surface area (Å²) >= 11 is 0. The normalized spacial score (nSPS) is 16.1. The minimum atomic E-state index is 0. The van der Waals surface area contributed by atoms with Crippen LogP contribution in [0.2, 0.25) is 0 Å². The van der Waals surface area contributed by atoms with Crippen molar-refractivity contribution in [3.05, 3.63) is 54.1 Å². The Hall–Kier alpha value is -2.04. The maximum absolute atomic E-state index is 12.0. The maximum atomic E-state index is 12.0. The number of ether oxygens (including phenoxy) is 1. The van der Waals surface area contributed by atoms with Crippen LogP contribution in [0.25, 0.3) is 11.1 Å². The van der Waals surface area contributed by atoms with Crippen LogP contribution in [0.1, 0.15) is 24.8 Å². The first-order valence-electron chi connectivity index (χ1n) is 8.48. The van der Waals surface area contributed by atoms with Crippen molar-refractivity contribution in [2.45, 2.75) is 31.8 Å². The Labute approximate surface area is 155 Å². The lowest BCUT2D eigenvalue weighted by molar-refractivity contribution is -0.121. The molecule has 25 heavy (non-hydrogen) atoms. The summed E-state index contributed by atoms with van der Waals surface area (Å²) in [5, 5.41) is 6.35. The molecule has 0 saturated carbocycles. The molecule has 2 N–H and O–H groups in total. The van der Waals surface area contributed by atoms with Gasteiger partial charge in [-0.15, -0.1) is 12.4 Å². The van der Waals surface area contributed by atoms with E-state index in [1.807, 2.05) is 18.2 Å². The fourth-order valence-corrected chi connectivity index (χ4v) is 3.05. The molecule has 1 unspecified atom stereocenters. The van der Waals surface area contributed by atoms with Gasteiger partial charge in [0.05, 0.1) is 7.11 Å². The highest BCUT2D eigenvalue weighted by Gasteiger charge is 2.17. The van der Waals surface area contributed by atoms with Gasteiger partial charge in [0.1, 0.15) is 5.75 Å². The predicted octanol–water partition coefficient (Wildman–Crippen LogP) is 3.54. The van der Waals surface area contributed by atoms with Crippen LogP contribution < -0.4 is 15.4 Å². The highest BCUT2D eigenvalue weighted by Crippen LogP contribution is 2.24. The molecule has 0 bridgehead atoms. The number of rotatable bonds is 6. The third-order valence-corrected chi connectivity index (χ3v) is 4.44. The zero-order valence-electron chi connectivity index (χ0n) is 14.5. The number of hydrogen-bond donors (Lipinski definition) is 2. The van der Waals surface area contributed by atoms with Crippen molar-refractivity contribution < 1.29 is 9.53 Å². The van der Waals surface area contributed by atoms with Gasteiger partial charge in [-0.05, 0) is 48.2 Å². The molecule has 0 aliphatic carbocycles. The molecule has 1 atom stereocenters. The van der Waals surface area contributed by atoms with Gasteiger partial charge in [-0.25, -0.2) is 0 Å². The molecule has 0 spiro atoms. The van der Waals surface area contributed by atoms with Gasteiger partial charge >= 0.3 is 0 Å². The first-order valence-corrected chi connectivity index (χ1v) is 8.48. The minimum Gasteiger partial charge on any atom is -0.497 e. The molecule has 0 aromatic heterocycles. The summed E-state index contributed by atoms with van der Waals surface area (Å²) in [4.78, 5) is 12.0. The molecule has 1 aliphatic heterocycles. The fourth-order valence-electron chi connectivity index (χ4n) is 3.05. The smallest absolute Gasteiger partial charge is 0.221 e. The average molecular weight is 361 g/mol. The lowest BCUT2D eigenvalue weighted by atomic mass is 10.0. The molecule has 1 fully saturated rings. The Morgan fingerprint density at radius 3 is 2.68 bits per heavy atom. The molecule has 1 amide bonds. The number of methoxy groups -OCH3 is 1. The fraction of sp³-hybridized carbons (Fsp3) is 0.350. The largest absolute Gasteiger partial charge is 0.497 e. The van der Waals surface area contributed by atoms with Crippen LogP contribution in [0.3, 0.4) is 0 Å². The van der Waals surface area contributed by atoms with E-state index in [0.29, 0.717) is 19.0 Å². The predicted molar refractivity (Wildman–Crippen MR) is 103 cm³/mol. The monoisotopic (exact) mass is 360 g/mol. The minimum absolute atomic E-state index is 0. The summed E-state index contributed by atoms with van der Waals surface area (Å²) in [6.45, 7) is 1.60. The van der Waals surface area contributed by atoms with E-state index in [9.17, 15) is 4.79 Å². The van der Waals surface area contributed by atoms with E-state index in [0.717, 1.165) is 35.4 Å². The molecule has 1 aliphatic rings. The SMILES string of the molecule is COc1cccc(-c2ccc(CNC(=O)CC3CCCN3)cc2)c1.Cl. The van der Waals surface area contributed by atoms with Crippen LogP contribution in [-0.2, 0) is 11.3 Å². The van der Waals surface area contributed by atoms with Crippen LogP contribution >= 0.6 is 12.4 Å². The molecule has 4 nitrogen and oxygen atoms in total. The van der Waals surface area contributed by atoms with Crippen molar-refractivity contribution in [2.24, 2.45) is 0 Å². The maximum Gasteiger partial charge on any atom is 0.221 e. The van der Waals surface area contributed by atoms with Crippen LogP contribution in [0.15, 0.2) is 48.5 Å². The molecule has 0 radical (unpaired) electrons. The Morgan fingerprint density at radius 2 is 2.00 bits per heavy atom. The number of carbonyl (C=O) groups is 1. The summed E-state index contributed by atoms with van der Waals surface area (Å²) in [6.07, 6.45) is 2.84. The van der Waals surface area contributed by atoms with E-state index >= 15 is 0 Å². The zero-order chi connectivity index (χ0) is 16.8. The molecule has 1 heterocycles. The quantitative estimate of drug-likeness (QED) is 0.828. The summed E-state index contributed by atoms with van der Waals surface area (Å²) in [6, 6.07) is 16.6. The molecule has 2 aromatic rings. The van der Waals surface area contributed by atoms with Gasteiger partial charge in [-0.2, -0.15) is 0 Å². The van der Waals surface area contributed by atoms with Gasteiger partial charge in [0.15, 0.2) is 0 Å². The van der Waals surface area contributed by atoms with Gasteiger partial charge in [0.2, 0.25) is 5.91 Å². The van der Waals surface area contributed by atoms with Crippen molar-refractivity contribution in [2.75, 3.05) is 13.7 Å². The van der Waals surface area contributed by atoms with Crippen molar-refractivity contribution in [3.63, 3.8) is 0 Å². The second kappa shape index (κ2) is 9.44. The van der Waals surface area contributed by atoms with Crippen molar-refractivity contribution >= 4 is 18.3 Å². The van der Waals surface area contributed by atoms with Crippen LogP contribution in [0.5, 0.6) is 5.75 Å². The highest BCUT2D eigenvalue weighted by molar-refractivity contribution is 5.85. The van der Waals surface area contributed by atoms with Gasteiger partial charge < -0.3 is 15.4 Å². The van der Waals surface area contributed by atoms with E-state index in [1.54, 1.807) is 7.11 Å². The zero-order valence-corrected chi connectivity index (χ0v) is 15.3. The Kier molecular flexibility index (Phi) is 7.29. The van der Waals surface area contributed by atoms with E-state index in [1.165, 1.54) is 6.42 Å². The molecule has 5 heteroatoms. The topological polar surface area (TPSA) is 50.4 Å². The second-order valence-electron chi connectivity index (χ2n) is 6.20. The van der Waals surface area contributed by atoms with Crippen LogP contribution in [0, 0.1) is 0 Å². The highest BCUT2D eigenvalue weighted by atomic mass is 35.5. The number of carbonyl (C=O) groups excluding carboxylic acids is 1. The van der Waals surface area contributed by atoms with Gasteiger partial charge in [-0.3, -0.25) is 4.79 Å². The van der Waals surface area contributed by atoms with Crippen molar-refractivity contribution in [1.29, 1.82) is 0 Å². The van der Waals surface area contributed by atoms with E-state index in [2.05, 4.69) is 41.0 Å². The third-order valence-electron chi connectivity index (χ3n) is 4.44. The molecule has 3 rings (SSSR count). The standard InChI is InChI=1S/C20H24N2O2.ClH/c1-24-19-6-2-4-17(12-19)16-9-7-15(8-10-16)14-22-20(23)13-18-5-3-11-21-18;/h2,4,6-10,12,18,21H,3,5,11,13-14H2,1H3,(H,22,23);1H. The summed E-state index contributed by atoms with van der Waals surface area (Å²) < 4.78 is 5.27. The van der Waals surface area contributed by atoms with Gasteiger partial charge in [-0.1, -0.05) is 36.4 Å². The van der Waals surface area contributed by atoms with E-state index in [4.69, 9.17) is 4.74 Å². The second-order valence-corrected chi connectivity index (χ2v) is 6.20.